The smallest absolute Gasteiger partial charge is 0.314 e. The molecule has 3 nitrogen and oxygen atoms in total. The van der Waals surface area contributed by atoms with Gasteiger partial charge in [0, 0.05) is 12.6 Å². The fraction of sp³-hybridized carbons (Fsp3) is 0.933. The van der Waals surface area contributed by atoms with Crippen LogP contribution in [0.3, 0.4) is 0 Å². The lowest BCUT2D eigenvalue weighted by atomic mass is 9.69. The Kier molecular flexibility index (Phi) is 5.48. The van der Waals surface area contributed by atoms with E-state index in [0.717, 1.165) is 24.7 Å². The number of urea groups is 1. The normalized spacial score (nSPS) is 26.5. The van der Waals surface area contributed by atoms with E-state index in [0.29, 0.717) is 18.0 Å². The summed E-state index contributed by atoms with van der Waals surface area (Å²) in [6.45, 7) is 12.0. The molecule has 0 aromatic carbocycles. The summed E-state index contributed by atoms with van der Waals surface area (Å²) < 4.78 is 0. The first kappa shape index (κ1) is 15.3. The van der Waals surface area contributed by atoms with Gasteiger partial charge in [-0.25, -0.2) is 4.79 Å². The molecule has 1 aliphatic rings. The molecule has 0 bridgehead atoms. The number of hydrogen-bond acceptors (Lipinski definition) is 1. The van der Waals surface area contributed by atoms with Gasteiger partial charge >= 0.3 is 6.03 Å². The fourth-order valence-corrected chi connectivity index (χ4v) is 2.87. The molecule has 2 N–H and O–H groups in total. The Morgan fingerprint density at radius 3 is 2.22 bits per heavy atom. The third-order valence-electron chi connectivity index (χ3n) is 4.52. The molecule has 1 atom stereocenters. The van der Waals surface area contributed by atoms with Crippen molar-refractivity contribution in [3.63, 3.8) is 0 Å². The second-order valence-corrected chi connectivity index (χ2v) is 6.77. The first-order valence-corrected chi connectivity index (χ1v) is 7.39. The van der Waals surface area contributed by atoms with Gasteiger partial charge in [-0.05, 0) is 49.9 Å². The standard InChI is InChI=1S/C15H30N2O/c1-6-16-14(18)17-13-9-7-12(8-10-13)11(2)15(3,4)5/h11-13H,6-10H2,1-5H3,(H2,16,17,18)/t11-,12-,13-/m1/s1. The Balaban J connectivity index is 2.35. The Bertz CT molecular complexity index is 262. The van der Waals surface area contributed by atoms with Crippen LogP contribution in [-0.4, -0.2) is 18.6 Å². The Labute approximate surface area is 112 Å². The van der Waals surface area contributed by atoms with Crippen molar-refractivity contribution in [3.8, 4) is 0 Å². The van der Waals surface area contributed by atoms with Crippen LogP contribution in [0.4, 0.5) is 4.79 Å². The molecule has 1 saturated carbocycles. The number of rotatable bonds is 3. The minimum absolute atomic E-state index is 0.00943. The molecule has 1 aliphatic carbocycles. The van der Waals surface area contributed by atoms with E-state index in [-0.39, 0.29) is 6.03 Å². The Hall–Kier alpha value is -0.730. The van der Waals surface area contributed by atoms with Crippen LogP contribution >= 0.6 is 0 Å². The summed E-state index contributed by atoms with van der Waals surface area (Å²) in [6, 6.07) is 0.366. The molecule has 0 aliphatic heterocycles. The van der Waals surface area contributed by atoms with Gasteiger partial charge in [-0.15, -0.1) is 0 Å². The van der Waals surface area contributed by atoms with Gasteiger partial charge in [0.2, 0.25) is 0 Å². The summed E-state index contributed by atoms with van der Waals surface area (Å²) in [4.78, 5) is 11.5. The number of hydrogen-bond donors (Lipinski definition) is 2. The quantitative estimate of drug-likeness (QED) is 0.794. The second-order valence-electron chi connectivity index (χ2n) is 6.77. The van der Waals surface area contributed by atoms with Crippen molar-refractivity contribution in [2.24, 2.45) is 17.3 Å². The predicted octanol–water partition coefficient (Wildman–Crippen LogP) is 3.55. The van der Waals surface area contributed by atoms with Crippen molar-refractivity contribution in [1.82, 2.24) is 10.6 Å². The minimum atomic E-state index is -0.00943. The SMILES string of the molecule is CCNC(=O)N[C@H]1CC[C@H]([C@@H](C)C(C)(C)C)CC1. The maximum absolute atomic E-state index is 11.5. The zero-order chi connectivity index (χ0) is 13.8. The van der Waals surface area contributed by atoms with Gasteiger partial charge in [0.1, 0.15) is 0 Å². The summed E-state index contributed by atoms with van der Waals surface area (Å²) in [7, 11) is 0. The topological polar surface area (TPSA) is 41.1 Å². The fourth-order valence-electron chi connectivity index (χ4n) is 2.87. The molecule has 0 spiro atoms. The highest BCUT2D eigenvalue weighted by molar-refractivity contribution is 5.74. The van der Waals surface area contributed by atoms with Crippen molar-refractivity contribution >= 4 is 6.03 Å². The number of amides is 2. The van der Waals surface area contributed by atoms with E-state index < -0.39 is 0 Å². The summed E-state index contributed by atoms with van der Waals surface area (Å²) >= 11 is 0. The van der Waals surface area contributed by atoms with Gasteiger partial charge in [0.15, 0.2) is 0 Å². The molecule has 0 aromatic rings. The molecular formula is C15H30N2O. The highest BCUT2D eigenvalue weighted by Crippen LogP contribution is 2.39. The first-order valence-electron chi connectivity index (χ1n) is 7.39. The molecule has 106 valence electrons. The first-order chi connectivity index (χ1) is 8.34. The van der Waals surface area contributed by atoms with E-state index in [9.17, 15) is 4.79 Å². The van der Waals surface area contributed by atoms with Gasteiger partial charge in [-0.2, -0.15) is 0 Å². The van der Waals surface area contributed by atoms with Crippen LogP contribution in [0.2, 0.25) is 0 Å². The van der Waals surface area contributed by atoms with E-state index >= 15 is 0 Å². The van der Waals surface area contributed by atoms with Gasteiger partial charge in [-0.3, -0.25) is 0 Å². The molecule has 3 heteroatoms. The number of nitrogens with one attached hydrogen (secondary N) is 2. The summed E-state index contributed by atoms with van der Waals surface area (Å²) in [6.07, 6.45) is 4.75. The van der Waals surface area contributed by atoms with E-state index in [4.69, 9.17) is 0 Å². The Morgan fingerprint density at radius 2 is 1.78 bits per heavy atom. The lowest BCUT2D eigenvalue weighted by molar-refractivity contribution is 0.130. The summed E-state index contributed by atoms with van der Waals surface area (Å²) in [5.74, 6) is 1.57. The van der Waals surface area contributed by atoms with Crippen molar-refractivity contribution in [2.45, 2.75) is 66.3 Å². The van der Waals surface area contributed by atoms with Crippen LogP contribution in [0.25, 0.3) is 0 Å². The molecular weight excluding hydrogens is 224 g/mol. The van der Waals surface area contributed by atoms with Gasteiger partial charge < -0.3 is 10.6 Å². The van der Waals surface area contributed by atoms with Crippen LogP contribution in [0.1, 0.15) is 60.3 Å². The van der Waals surface area contributed by atoms with Crippen LogP contribution in [-0.2, 0) is 0 Å². The van der Waals surface area contributed by atoms with Crippen molar-refractivity contribution in [2.75, 3.05) is 6.54 Å². The molecule has 2 amide bonds. The average molecular weight is 254 g/mol. The lowest BCUT2D eigenvalue weighted by Crippen LogP contribution is -2.44. The van der Waals surface area contributed by atoms with E-state index in [1.54, 1.807) is 0 Å². The third-order valence-corrected chi connectivity index (χ3v) is 4.52. The Morgan fingerprint density at radius 1 is 1.22 bits per heavy atom. The lowest BCUT2D eigenvalue weighted by Gasteiger charge is -2.38. The monoisotopic (exact) mass is 254 g/mol. The zero-order valence-electron chi connectivity index (χ0n) is 12.7. The molecule has 18 heavy (non-hydrogen) atoms. The van der Waals surface area contributed by atoms with E-state index in [2.05, 4.69) is 38.3 Å². The van der Waals surface area contributed by atoms with Crippen molar-refractivity contribution in [3.05, 3.63) is 0 Å². The third kappa shape index (κ3) is 4.51. The van der Waals surface area contributed by atoms with Crippen LogP contribution in [0.15, 0.2) is 0 Å². The van der Waals surface area contributed by atoms with Crippen molar-refractivity contribution < 1.29 is 4.79 Å². The van der Waals surface area contributed by atoms with Gasteiger partial charge in [0.05, 0.1) is 0 Å². The van der Waals surface area contributed by atoms with E-state index in [1.165, 1.54) is 12.8 Å². The molecule has 0 radical (unpaired) electrons. The molecule has 1 rings (SSSR count). The zero-order valence-corrected chi connectivity index (χ0v) is 12.7. The van der Waals surface area contributed by atoms with Gasteiger partial charge in [-0.1, -0.05) is 27.7 Å². The van der Waals surface area contributed by atoms with Crippen molar-refractivity contribution in [1.29, 1.82) is 0 Å². The summed E-state index contributed by atoms with van der Waals surface area (Å²) in [5.41, 5.74) is 0.393. The van der Waals surface area contributed by atoms with Crippen LogP contribution in [0, 0.1) is 17.3 Å². The maximum Gasteiger partial charge on any atom is 0.314 e. The number of carbonyl (C=O) groups is 1. The molecule has 0 heterocycles. The molecule has 0 aromatic heterocycles. The van der Waals surface area contributed by atoms with Crippen LogP contribution < -0.4 is 10.6 Å². The molecule has 0 unspecified atom stereocenters. The largest absolute Gasteiger partial charge is 0.338 e. The molecule has 1 fully saturated rings. The van der Waals surface area contributed by atoms with Crippen LogP contribution in [0.5, 0.6) is 0 Å². The highest BCUT2D eigenvalue weighted by atomic mass is 16.2. The highest BCUT2D eigenvalue weighted by Gasteiger charge is 2.31. The average Bonchev–Trinajstić information content (AvgIpc) is 2.28. The maximum atomic E-state index is 11.5. The van der Waals surface area contributed by atoms with Gasteiger partial charge in [0.25, 0.3) is 0 Å². The second kappa shape index (κ2) is 6.44. The predicted molar refractivity (Wildman–Crippen MR) is 76.6 cm³/mol. The molecule has 0 saturated heterocycles. The van der Waals surface area contributed by atoms with E-state index in [1.807, 2.05) is 6.92 Å². The summed E-state index contributed by atoms with van der Waals surface area (Å²) in [5, 5.41) is 5.87. The minimum Gasteiger partial charge on any atom is -0.338 e. The number of carbonyl (C=O) groups excluding carboxylic acids is 1.